The number of carbonyl (C=O) groups is 1. The first-order valence-electron chi connectivity index (χ1n) is 4.83. The third-order valence-corrected chi connectivity index (χ3v) is 2.31. The second kappa shape index (κ2) is 4.88. The zero-order valence-electron chi connectivity index (χ0n) is 8.68. The van der Waals surface area contributed by atoms with E-state index in [1.807, 2.05) is 0 Å². The number of carboxylic acids is 1. The van der Waals surface area contributed by atoms with Crippen LogP contribution in [-0.4, -0.2) is 16.1 Å². The van der Waals surface area contributed by atoms with Crippen LogP contribution in [0.1, 0.15) is 16.1 Å². The maximum absolute atomic E-state index is 10.9. The summed E-state index contributed by atoms with van der Waals surface area (Å²) in [4.78, 5) is 14.9. The molecule has 0 aliphatic carbocycles. The van der Waals surface area contributed by atoms with Crippen LogP contribution in [0, 0.1) is 0 Å². The topological polar surface area (TPSA) is 75.4 Å². The van der Waals surface area contributed by atoms with Crippen molar-refractivity contribution in [2.24, 2.45) is 0 Å². The Morgan fingerprint density at radius 2 is 2.29 bits per heavy atom. The lowest BCUT2D eigenvalue weighted by Crippen LogP contribution is -2.08. The van der Waals surface area contributed by atoms with Crippen LogP contribution < -0.4 is 5.32 Å². The number of furan rings is 1. The summed E-state index contributed by atoms with van der Waals surface area (Å²) in [7, 11) is 0. The van der Waals surface area contributed by atoms with Gasteiger partial charge in [0.05, 0.1) is 12.8 Å². The molecule has 2 heterocycles. The van der Waals surface area contributed by atoms with Gasteiger partial charge in [-0.15, -0.1) is 0 Å². The van der Waals surface area contributed by atoms with Crippen LogP contribution in [0.4, 0.5) is 5.82 Å². The molecule has 0 fully saturated rings. The molecular weight excluding hydrogens is 244 g/mol. The maximum atomic E-state index is 10.9. The zero-order valence-corrected chi connectivity index (χ0v) is 9.44. The van der Waals surface area contributed by atoms with Gasteiger partial charge in [-0.1, -0.05) is 11.6 Å². The van der Waals surface area contributed by atoms with Crippen LogP contribution in [-0.2, 0) is 6.54 Å². The molecule has 0 spiro atoms. The van der Waals surface area contributed by atoms with E-state index in [1.165, 1.54) is 12.1 Å². The Labute approximate surface area is 102 Å². The predicted molar refractivity (Wildman–Crippen MR) is 62.2 cm³/mol. The van der Waals surface area contributed by atoms with Crippen LogP contribution in [0.5, 0.6) is 0 Å². The maximum Gasteiger partial charge on any atom is 0.339 e. The van der Waals surface area contributed by atoms with Gasteiger partial charge < -0.3 is 14.8 Å². The highest BCUT2D eigenvalue weighted by atomic mass is 35.5. The summed E-state index contributed by atoms with van der Waals surface area (Å²) in [5.41, 5.74) is 0.0703. The molecule has 0 saturated heterocycles. The number of carboxylic acid groups (broad SMARTS) is 1. The summed E-state index contributed by atoms with van der Waals surface area (Å²) in [6.45, 7) is 0.348. The molecule has 0 atom stereocenters. The van der Waals surface area contributed by atoms with E-state index < -0.39 is 5.97 Å². The Balaban J connectivity index is 2.19. The minimum Gasteiger partial charge on any atom is -0.478 e. The fraction of sp³-hybridized carbons (Fsp3) is 0.0909. The molecule has 0 amide bonds. The first kappa shape index (κ1) is 11.5. The van der Waals surface area contributed by atoms with Gasteiger partial charge in [-0.05, 0) is 24.3 Å². The van der Waals surface area contributed by atoms with E-state index in [1.54, 1.807) is 18.4 Å². The molecule has 6 heteroatoms. The smallest absolute Gasteiger partial charge is 0.339 e. The quantitative estimate of drug-likeness (QED) is 0.818. The van der Waals surface area contributed by atoms with E-state index in [0.717, 1.165) is 0 Å². The lowest BCUT2D eigenvalue weighted by molar-refractivity contribution is 0.0697. The van der Waals surface area contributed by atoms with Crippen molar-refractivity contribution in [1.82, 2.24) is 4.98 Å². The third-order valence-electron chi connectivity index (χ3n) is 2.10. The summed E-state index contributed by atoms with van der Waals surface area (Å²) in [5.74, 6) is -0.152. The van der Waals surface area contributed by atoms with Gasteiger partial charge in [-0.25, -0.2) is 9.78 Å². The fourth-order valence-corrected chi connectivity index (χ4v) is 1.47. The highest BCUT2D eigenvalue weighted by Crippen LogP contribution is 2.17. The number of nitrogens with one attached hydrogen (secondary N) is 1. The highest BCUT2D eigenvalue weighted by Gasteiger charge is 2.12. The number of nitrogens with zero attached hydrogens (tertiary/aromatic N) is 1. The molecule has 2 aromatic heterocycles. The molecule has 2 rings (SSSR count). The van der Waals surface area contributed by atoms with E-state index in [9.17, 15) is 4.79 Å². The standard InChI is InChI=1S/C11H9ClN2O3/c12-9-4-3-8(11(15)16)10(14-9)13-6-7-2-1-5-17-7/h1-5H,6H2,(H,13,14)(H,15,16). The average Bonchev–Trinajstić information content (AvgIpc) is 2.78. The van der Waals surface area contributed by atoms with Gasteiger partial charge in [0.15, 0.2) is 0 Å². The Hall–Kier alpha value is -2.01. The normalized spacial score (nSPS) is 10.2. The van der Waals surface area contributed by atoms with Gasteiger partial charge in [0.25, 0.3) is 0 Å². The van der Waals surface area contributed by atoms with Crippen molar-refractivity contribution in [2.75, 3.05) is 5.32 Å². The van der Waals surface area contributed by atoms with E-state index in [0.29, 0.717) is 12.3 Å². The van der Waals surface area contributed by atoms with Gasteiger partial charge >= 0.3 is 5.97 Å². The minimum absolute atomic E-state index is 0.0703. The molecule has 17 heavy (non-hydrogen) atoms. The molecule has 2 aromatic rings. The average molecular weight is 253 g/mol. The Morgan fingerprint density at radius 3 is 2.94 bits per heavy atom. The van der Waals surface area contributed by atoms with Gasteiger partial charge in [-0.2, -0.15) is 0 Å². The highest BCUT2D eigenvalue weighted by molar-refractivity contribution is 6.29. The first-order valence-corrected chi connectivity index (χ1v) is 5.20. The molecule has 0 aliphatic rings. The molecule has 0 bridgehead atoms. The molecule has 0 saturated carbocycles. The molecule has 2 N–H and O–H groups in total. The lowest BCUT2D eigenvalue weighted by atomic mass is 10.2. The van der Waals surface area contributed by atoms with E-state index >= 15 is 0 Å². The second-order valence-corrected chi connectivity index (χ2v) is 3.66. The summed E-state index contributed by atoms with van der Waals surface area (Å²) >= 11 is 5.71. The van der Waals surface area contributed by atoms with Crippen LogP contribution in [0.15, 0.2) is 34.9 Å². The van der Waals surface area contributed by atoms with E-state index in [2.05, 4.69) is 10.3 Å². The van der Waals surface area contributed by atoms with Crippen molar-refractivity contribution < 1.29 is 14.3 Å². The summed E-state index contributed by atoms with van der Waals surface area (Å²) < 4.78 is 5.12. The van der Waals surface area contributed by atoms with E-state index in [-0.39, 0.29) is 16.5 Å². The molecule has 0 radical (unpaired) electrons. The van der Waals surface area contributed by atoms with Crippen molar-refractivity contribution in [3.05, 3.63) is 47.0 Å². The molecular formula is C11H9ClN2O3. The molecule has 0 aliphatic heterocycles. The van der Waals surface area contributed by atoms with Crippen LogP contribution in [0.3, 0.4) is 0 Å². The molecule has 88 valence electrons. The number of aromatic nitrogens is 1. The monoisotopic (exact) mass is 252 g/mol. The summed E-state index contributed by atoms with van der Waals surface area (Å²) in [5, 5.41) is 12.1. The Morgan fingerprint density at radius 1 is 1.47 bits per heavy atom. The number of aromatic carboxylic acids is 1. The first-order chi connectivity index (χ1) is 8.16. The molecule has 0 unspecified atom stereocenters. The predicted octanol–water partition coefficient (Wildman–Crippen LogP) is 2.64. The third kappa shape index (κ3) is 2.76. The Bertz CT molecular complexity index is 526. The number of halogens is 1. The van der Waals surface area contributed by atoms with Crippen LogP contribution >= 0.6 is 11.6 Å². The number of anilines is 1. The van der Waals surface area contributed by atoms with Crippen LogP contribution in [0.25, 0.3) is 0 Å². The number of hydrogen-bond donors (Lipinski definition) is 2. The zero-order chi connectivity index (χ0) is 12.3. The van der Waals surface area contributed by atoms with E-state index in [4.69, 9.17) is 21.1 Å². The summed E-state index contributed by atoms with van der Waals surface area (Å²) in [6.07, 6.45) is 1.54. The minimum atomic E-state index is -1.06. The molecule has 0 aromatic carbocycles. The fourth-order valence-electron chi connectivity index (χ4n) is 1.33. The largest absolute Gasteiger partial charge is 0.478 e. The summed E-state index contributed by atoms with van der Waals surface area (Å²) in [6, 6.07) is 6.36. The van der Waals surface area contributed by atoms with Gasteiger partial charge in [0.1, 0.15) is 22.3 Å². The Kier molecular flexibility index (Phi) is 3.30. The van der Waals surface area contributed by atoms with Gasteiger partial charge in [0, 0.05) is 0 Å². The van der Waals surface area contributed by atoms with Crippen molar-refractivity contribution in [2.45, 2.75) is 6.54 Å². The number of rotatable bonds is 4. The van der Waals surface area contributed by atoms with Gasteiger partial charge in [0.2, 0.25) is 0 Å². The van der Waals surface area contributed by atoms with Crippen molar-refractivity contribution >= 4 is 23.4 Å². The number of pyridine rings is 1. The van der Waals surface area contributed by atoms with Crippen molar-refractivity contribution in [3.63, 3.8) is 0 Å². The molecule has 5 nitrogen and oxygen atoms in total. The van der Waals surface area contributed by atoms with Crippen LogP contribution in [0.2, 0.25) is 5.15 Å². The van der Waals surface area contributed by atoms with Gasteiger partial charge in [-0.3, -0.25) is 0 Å². The second-order valence-electron chi connectivity index (χ2n) is 3.27. The van der Waals surface area contributed by atoms with Crippen molar-refractivity contribution in [3.8, 4) is 0 Å². The lowest BCUT2D eigenvalue weighted by Gasteiger charge is -2.07. The number of hydrogen-bond acceptors (Lipinski definition) is 4. The SMILES string of the molecule is O=C(O)c1ccc(Cl)nc1NCc1ccco1. The van der Waals surface area contributed by atoms with Crippen molar-refractivity contribution in [1.29, 1.82) is 0 Å².